The Kier molecular flexibility index (Phi) is 5.06. The molecule has 0 spiro atoms. The lowest BCUT2D eigenvalue weighted by Crippen LogP contribution is -2.26. The maximum atomic E-state index is 4.56. The lowest BCUT2D eigenvalue weighted by atomic mass is 10.0. The van der Waals surface area contributed by atoms with Crippen LogP contribution in [0, 0.1) is 12.8 Å². The van der Waals surface area contributed by atoms with E-state index in [4.69, 9.17) is 0 Å². The van der Waals surface area contributed by atoms with Crippen molar-refractivity contribution in [3.8, 4) is 0 Å². The molecule has 5 heteroatoms. The molecule has 2 heterocycles. The van der Waals surface area contributed by atoms with Gasteiger partial charge in [-0.15, -0.1) is 11.3 Å². The molecule has 2 rings (SSSR count). The molecule has 0 saturated heterocycles. The topological polar surface area (TPSA) is 33.1 Å². The molecule has 4 nitrogen and oxygen atoms in total. The van der Waals surface area contributed by atoms with Crippen molar-refractivity contribution in [3.63, 3.8) is 0 Å². The Hall–Kier alpha value is -1.33. The van der Waals surface area contributed by atoms with E-state index in [9.17, 15) is 0 Å². The number of nitrogens with zero attached hydrogens (tertiary/aromatic N) is 3. The predicted molar refractivity (Wildman–Crippen MR) is 91.0 cm³/mol. The minimum absolute atomic E-state index is 0.389. The van der Waals surface area contributed by atoms with E-state index in [0.29, 0.717) is 12.0 Å². The molecule has 21 heavy (non-hydrogen) atoms. The Morgan fingerprint density at radius 1 is 1.38 bits per heavy atom. The van der Waals surface area contributed by atoms with Crippen molar-refractivity contribution in [1.82, 2.24) is 15.1 Å². The summed E-state index contributed by atoms with van der Waals surface area (Å²) in [6.45, 7) is 7.45. The van der Waals surface area contributed by atoms with Crippen LogP contribution in [0.25, 0.3) is 0 Å². The third kappa shape index (κ3) is 3.47. The van der Waals surface area contributed by atoms with Crippen molar-refractivity contribution in [3.05, 3.63) is 33.6 Å². The highest BCUT2D eigenvalue weighted by Gasteiger charge is 2.20. The van der Waals surface area contributed by atoms with Crippen LogP contribution in [0.15, 0.2) is 17.5 Å². The average Bonchev–Trinajstić information content (AvgIpc) is 2.98. The van der Waals surface area contributed by atoms with Crippen molar-refractivity contribution >= 4 is 17.2 Å². The van der Waals surface area contributed by atoms with Gasteiger partial charge in [-0.1, -0.05) is 19.9 Å². The first-order chi connectivity index (χ1) is 9.91. The van der Waals surface area contributed by atoms with Crippen LogP contribution in [0.4, 0.5) is 5.82 Å². The van der Waals surface area contributed by atoms with E-state index in [1.807, 2.05) is 23.1 Å². The zero-order valence-corrected chi connectivity index (χ0v) is 14.7. The van der Waals surface area contributed by atoms with E-state index in [2.05, 4.69) is 67.7 Å². The van der Waals surface area contributed by atoms with Crippen molar-refractivity contribution in [2.24, 2.45) is 13.0 Å². The molecule has 0 aromatic carbocycles. The molecule has 0 bridgehead atoms. The van der Waals surface area contributed by atoms with Gasteiger partial charge in [0.2, 0.25) is 0 Å². The standard InChI is InChI=1S/C16H26N4S/c1-11(2)15(14-8-7-9-21-14)17-10-13-12(3)18-20(6)16(13)19(4)5/h7-9,11,15,17H,10H2,1-6H3. The van der Waals surface area contributed by atoms with E-state index >= 15 is 0 Å². The summed E-state index contributed by atoms with van der Waals surface area (Å²) in [5, 5.41) is 10.4. The molecule has 0 fully saturated rings. The molecule has 1 atom stereocenters. The van der Waals surface area contributed by atoms with Gasteiger partial charge in [-0.3, -0.25) is 4.68 Å². The van der Waals surface area contributed by atoms with Crippen LogP contribution in [0.2, 0.25) is 0 Å². The molecule has 0 aliphatic carbocycles. The molecule has 0 saturated carbocycles. The Labute approximate surface area is 131 Å². The van der Waals surface area contributed by atoms with Gasteiger partial charge in [0.25, 0.3) is 0 Å². The Morgan fingerprint density at radius 2 is 2.10 bits per heavy atom. The fraction of sp³-hybridized carbons (Fsp3) is 0.562. The van der Waals surface area contributed by atoms with Crippen molar-refractivity contribution in [2.75, 3.05) is 19.0 Å². The van der Waals surface area contributed by atoms with Crippen LogP contribution in [0.1, 0.15) is 36.0 Å². The number of aromatic nitrogens is 2. The predicted octanol–water partition coefficient (Wildman–Crippen LogP) is 3.34. The first-order valence-electron chi connectivity index (χ1n) is 7.38. The van der Waals surface area contributed by atoms with Crippen LogP contribution in [0.5, 0.6) is 0 Å². The highest BCUT2D eigenvalue weighted by Crippen LogP contribution is 2.28. The molecule has 0 aliphatic rings. The summed E-state index contributed by atoms with van der Waals surface area (Å²) in [5.74, 6) is 1.73. The molecule has 2 aromatic heterocycles. The van der Waals surface area contributed by atoms with Gasteiger partial charge in [-0.25, -0.2) is 0 Å². The molecular formula is C16H26N4S. The Bertz CT molecular complexity index is 569. The normalized spacial score (nSPS) is 12.9. The number of hydrogen-bond donors (Lipinski definition) is 1. The third-order valence-corrected chi connectivity index (χ3v) is 4.71. The zero-order chi connectivity index (χ0) is 15.6. The van der Waals surface area contributed by atoms with Gasteiger partial charge in [-0.2, -0.15) is 5.10 Å². The number of hydrogen-bond acceptors (Lipinski definition) is 4. The Balaban J connectivity index is 2.19. The molecule has 1 unspecified atom stereocenters. The van der Waals surface area contributed by atoms with Crippen molar-refractivity contribution in [2.45, 2.75) is 33.4 Å². The van der Waals surface area contributed by atoms with Gasteiger partial charge in [0.05, 0.1) is 5.69 Å². The minimum Gasteiger partial charge on any atom is -0.363 e. The SMILES string of the molecule is Cc1nn(C)c(N(C)C)c1CNC(c1cccs1)C(C)C. The number of rotatable bonds is 6. The molecule has 0 aliphatic heterocycles. The second-order valence-corrected chi connectivity index (χ2v) is 7.00. The summed E-state index contributed by atoms with van der Waals surface area (Å²) in [6.07, 6.45) is 0. The van der Waals surface area contributed by atoms with Gasteiger partial charge >= 0.3 is 0 Å². The number of aryl methyl sites for hydroxylation is 2. The van der Waals surface area contributed by atoms with Crippen LogP contribution in [0.3, 0.4) is 0 Å². The Morgan fingerprint density at radius 3 is 2.62 bits per heavy atom. The number of thiophene rings is 1. The summed E-state index contributed by atoms with van der Waals surface area (Å²) < 4.78 is 1.96. The van der Waals surface area contributed by atoms with Gasteiger partial charge in [-0.05, 0) is 24.3 Å². The van der Waals surface area contributed by atoms with Crippen LogP contribution >= 0.6 is 11.3 Å². The molecule has 2 aromatic rings. The fourth-order valence-electron chi connectivity index (χ4n) is 2.80. The number of anilines is 1. The minimum atomic E-state index is 0.389. The molecule has 1 N–H and O–H groups in total. The first kappa shape index (κ1) is 16.0. The second-order valence-electron chi connectivity index (χ2n) is 6.02. The largest absolute Gasteiger partial charge is 0.363 e. The van der Waals surface area contributed by atoms with Gasteiger partial charge in [0.1, 0.15) is 5.82 Å². The van der Waals surface area contributed by atoms with Crippen LogP contribution in [-0.4, -0.2) is 23.9 Å². The van der Waals surface area contributed by atoms with Crippen molar-refractivity contribution in [1.29, 1.82) is 0 Å². The third-order valence-electron chi connectivity index (χ3n) is 3.75. The van der Waals surface area contributed by atoms with E-state index < -0.39 is 0 Å². The summed E-state index contributed by atoms with van der Waals surface area (Å²) in [5.41, 5.74) is 2.38. The summed E-state index contributed by atoms with van der Waals surface area (Å²) in [6, 6.07) is 4.72. The summed E-state index contributed by atoms with van der Waals surface area (Å²) >= 11 is 1.82. The van der Waals surface area contributed by atoms with E-state index in [0.717, 1.165) is 12.2 Å². The fourth-order valence-corrected chi connectivity index (χ4v) is 3.77. The van der Waals surface area contributed by atoms with Crippen LogP contribution < -0.4 is 10.2 Å². The van der Waals surface area contributed by atoms with E-state index in [1.54, 1.807) is 0 Å². The molecule has 0 amide bonds. The van der Waals surface area contributed by atoms with E-state index in [1.165, 1.54) is 16.3 Å². The monoisotopic (exact) mass is 306 g/mol. The highest BCUT2D eigenvalue weighted by atomic mass is 32.1. The zero-order valence-electron chi connectivity index (χ0n) is 13.8. The molecule has 116 valence electrons. The van der Waals surface area contributed by atoms with Crippen LogP contribution in [-0.2, 0) is 13.6 Å². The molecular weight excluding hydrogens is 280 g/mol. The smallest absolute Gasteiger partial charge is 0.130 e. The second kappa shape index (κ2) is 6.62. The highest BCUT2D eigenvalue weighted by molar-refractivity contribution is 7.10. The van der Waals surface area contributed by atoms with Gasteiger partial charge < -0.3 is 10.2 Å². The summed E-state index contributed by atoms with van der Waals surface area (Å²) in [7, 11) is 6.14. The summed E-state index contributed by atoms with van der Waals surface area (Å²) in [4.78, 5) is 3.53. The van der Waals surface area contributed by atoms with Gasteiger partial charge in [0, 0.05) is 44.2 Å². The number of nitrogens with one attached hydrogen (secondary N) is 1. The van der Waals surface area contributed by atoms with E-state index in [-0.39, 0.29) is 0 Å². The molecule has 0 radical (unpaired) electrons. The first-order valence-corrected chi connectivity index (χ1v) is 8.26. The van der Waals surface area contributed by atoms with Crippen molar-refractivity contribution < 1.29 is 0 Å². The lowest BCUT2D eigenvalue weighted by molar-refractivity contribution is 0.416. The van der Waals surface area contributed by atoms with Gasteiger partial charge in [0.15, 0.2) is 0 Å². The average molecular weight is 306 g/mol. The lowest BCUT2D eigenvalue weighted by Gasteiger charge is -2.22. The maximum Gasteiger partial charge on any atom is 0.130 e. The maximum absolute atomic E-state index is 4.56. The quantitative estimate of drug-likeness (QED) is 0.888.